The third-order valence-corrected chi connectivity index (χ3v) is 2.15. The molecule has 0 saturated carbocycles. The van der Waals surface area contributed by atoms with Gasteiger partial charge in [-0.1, -0.05) is 6.58 Å². The highest BCUT2D eigenvalue weighted by atomic mass is 16.5. The number of benzene rings is 1. The second kappa shape index (κ2) is 4.84. The summed E-state index contributed by atoms with van der Waals surface area (Å²) in [5.41, 5.74) is 0.0820. The summed E-state index contributed by atoms with van der Waals surface area (Å²) in [6.07, 6.45) is 1.72. The molecular weight excluding hydrogens is 204 g/mol. The van der Waals surface area contributed by atoms with Crippen LogP contribution in [0.2, 0.25) is 0 Å². The normalized spacial score (nSPS) is 10.7. The van der Waals surface area contributed by atoms with E-state index in [1.54, 1.807) is 30.3 Å². The minimum atomic E-state index is -0.424. The van der Waals surface area contributed by atoms with E-state index in [0.29, 0.717) is 11.3 Å². The molecule has 0 amide bonds. The van der Waals surface area contributed by atoms with E-state index in [1.165, 1.54) is 7.11 Å². The molecule has 86 valence electrons. The highest BCUT2D eigenvalue weighted by molar-refractivity contribution is 5.89. The van der Waals surface area contributed by atoms with Gasteiger partial charge in [0.05, 0.1) is 12.7 Å². The van der Waals surface area contributed by atoms with Crippen LogP contribution in [0.15, 0.2) is 36.9 Å². The zero-order valence-electron chi connectivity index (χ0n) is 9.82. The van der Waals surface area contributed by atoms with Crippen molar-refractivity contribution >= 4 is 5.97 Å². The summed E-state index contributed by atoms with van der Waals surface area (Å²) in [4.78, 5) is 11.2. The Labute approximate surface area is 95.7 Å². The van der Waals surface area contributed by atoms with Crippen molar-refractivity contribution in [3.8, 4) is 5.75 Å². The fraction of sp³-hybridized carbons (Fsp3) is 0.308. The predicted octanol–water partition coefficient (Wildman–Crippen LogP) is 2.82. The SMILES string of the molecule is C=CC(C)(C)Oc1ccc(C(=O)OC)cc1. The molecule has 0 radical (unpaired) electrons. The van der Waals surface area contributed by atoms with E-state index in [4.69, 9.17) is 4.74 Å². The number of hydrogen-bond acceptors (Lipinski definition) is 3. The zero-order chi connectivity index (χ0) is 12.2. The van der Waals surface area contributed by atoms with Gasteiger partial charge in [-0.2, -0.15) is 0 Å². The molecule has 0 N–H and O–H groups in total. The molecule has 0 heterocycles. The Balaban J connectivity index is 2.79. The first-order valence-electron chi connectivity index (χ1n) is 4.99. The van der Waals surface area contributed by atoms with E-state index in [0.717, 1.165) is 0 Å². The summed E-state index contributed by atoms with van der Waals surface area (Å²) in [6, 6.07) is 6.80. The Morgan fingerprint density at radius 1 is 1.31 bits per heavy atom. The lowest BCUT2D eigenvalue weighted by molar-refractivity contribution is 0.0600. The molecule has 3 nitrogen and oxygen atoms in total. The molecular formula is C13H16O3. The van der Waals surface area contributed by atoms with Crippen LogP contribution in [0.25, 0.3) is 0 Å². The summed E-state index contributed by atoms with van der Waals surface area (Å²) < 4.78 is 10.3. The average Bonchev–Trinajstić information content (AvgIpc) is 2.28. The van der Waals surface area contributed by atoms with Crippen LogP contribution in [0.4, 0.5) is 0 Å². The minimum Gasteiger partial charge on any atom is -0.484 e. The predicted molar refractivity (Wildman–Crippen MR) is 62.7 cm³/mol. The molecule has 0 aromatic heterocycles. The van der Waals surface area contributed by atoms with Gasteiger partial charge >= 0.3 is 5.97 Å². The molecule has 0 aliphatic rings. The van der Waals surface area contributed by atoms with Crippen LogP contribution in [0.1, 0.15) is 24.2 Å². The van der Waals surface area contributed by atoms with Crippen LogP contribution in [-0.2, 0) is 4.74 Å². The lowest BCUT2D eigenvalue weighted by atomic mass is 10.1. The van der Waals surface area contributed by atoms with Crippen molar-refractivity contribution in [2.75, 3.05) is 7.11 Å². The standard InChI is InChI=1S/C13H16O3/c1-5-13(2,3)16-11-8-6-10(7-9-11)12(14)15-4/h5-9H,1H2,2-4H3. The van der Waals surface area contributed by atoms with Gasteiger partial charge < -0.3 is 9.47 Å². The second-order valence-electron chi connectivity index (χ2n) is 3.93. The molecule has 0 atom stereocenters. The molecule has 0 aliphatic heterocycles. The molecule has 0 spiro atoms. The summed E-state index contributed by atoms with van der Waals surface area (Å²) >= 11 is 0. The molecule has 0 aliphatic carbocycles. The van der Waals surface area contributed by atoms with E-state index in [1.807, 2.05) is 13.8 Å². The van der Waals surface area contributed by atoms with Gasteiger partial charge in [-0.25, -0.2) is 4.79 Å². The molecule has 0 bridgehead atoms. The van der Waals surface area contributed by atoms with Crippen LogP contribution >= 0.6 is 0 Å². The maximum Gasteiger partial charge on any atom is 0.337 e. The first-order chi connectivity index (χ1) is 7.48. The third-order valence-electron chi connectivity index (χ3n) is 2.15. The highest BCUT2D eigenvalue weighted by Gasteiger charge is 2.14. The Bertz CT molecular complexity index is 377. The van der Waals surface area contributed by atoms with Crippen LogP contribution in [0.3, 0.4) is 0 Å². The van der Waals surface area contributed by atoms with Crippen molar-refractivity contribution in [2.24, 2.45) is 0 Å². The maximum absolute atomic E-state index is 11.2. The van der Waals surface area contributed by atoms with Crippen molar-refractivity contribution in [2.45, 2.75) is 19.4 Å². The van der Waals surface area contributed by atoms with Gasteiger partial charge in [-0.3, -0.25) is 0 Å². The highest BCUT2D eigenvalue weighted by Crippen LogP contribution is 2.19. The topological polar surface area (TPSA) is 35.5 Å². The van der Waals surface area contributed by atoms with Gasteiger partial charge in [-0.05, 0) is 44.2 Å². The minimum absolute atomic E-state index is 0.352. The van der Waals surface area contributed by atoms with Gasteiger partial charge in [0, 0.05) is 0 Å². The van der Waals surface area contributed by atoms with E-state index >= 15 is 0 Å². The second-order valence-corrected chi connectivity index (χ2v) is 3.93. The van der Waals surface area contributed by atoms with E-state index in [-0.39, 0.29) is 5.97 Å². The first-order valence-corrected chi connectivity index (χ1v) is 4.99. The number of rotatable bonds is 4. The molecule has 1 aromatic carbocycles. The summed E-state index contributed by atoms with van der Waals surface area (Å²) in [7, 11) is 1.35. The number of ether oxygens (including phenoxy) is 2. The molecule has 0 unspecified atom stereocenters. The quantitative estimate of drug-likeness (QED) is 0.578. The van der Waals surface area contributed by atoms with Crippen LogP contribution in [0.5, 0.6) is 5.75 Å². The Kier molecular flexibility index (Phi) is 3.72. The van der Waals surface area contributed by atoms with Crippen LogP contribution < -0.4 is 4.74 Å². The average molecular weight is 220 g/mol. The monoisotopic (exact) mass is 220 g/mol. The largest absolute Gasteiger partial charge is 0.484 e. The number of hydrogen-bond donors (Lipinski definition) is 0. The lowest BCUT2D eigenvalue weighted by Crippen LogP contribution is -2.24. The van der Waals surface area contributed by atoms with Gasteiger partial charge in [0.15, 0.2) is 0 Å². The van der Waals surface area contributed by atoms with Crippen LogP contribution in [-0.4, -0.2) is 18.7 Å². The van der Waals surface area contributed by atoms with Crippen molar-refractivity contribution in [3.05, 3.63) is 42.5 Å². The fourth-order valence-electron chi connectivity index (χ4n) is 1.12. The van der Waals surface area contributed by atoms with Crippen LogP contribution in [0, 0.1) is 0 Å². The van der Waals surface area contributed by atoms with Gasteiger partial charge in [-0.15, -0.1) is 0 Å². The number of methoxy groups -OCH3 is 1. The number of carbonyl (C=O) groups is 1. The van der Waals surface area contributed by atoms with E-state index in [2.05, 4.69) is 11.3 Å². The molecule has 16 heavy (non-hydrogen) atoms. The summed E-state index contributed by atoms with van der Waals surface area (Å²) in [5.74, 6) is 0.340. The number of esters is 1. The molecule has 0 fully saturated rings. The summed E-state index contributed by atoms with van der Waals surface area (Å²) in [5, 5.41) is 0. The first kappa shape index (κ1) is 12.3. The lowest BCUT2D eigenvalue weighted by Gasteiger charge is -2.22. The fourth-order valence-corrected chi connectivity index (χ4v) is 1.12. The molecule has 1 rings (SSSR count). The smallest absolute Gasteiger partial charge is 0.337 e. The van der Waals surface area contributed by atoms with Crippen molar-refractivity contribution in [1.29, 1.82) is 0 Å². The van der Waals surface area contributed by atoms with Gasteiger partial charge in [0.1, 0.15) is 11.4 Å². The van der Waals surface area contributed by atoms with Gasteiger partial charge in [0.25, 0.3) is 0 Å². The number of carbonyl (C=O) groups excluding carboxylic acids is 1. The van der Waals surface area contributed by atoms with Gasteiger partial charge in [0.2, 0.25) is 0 Å². The Hall–Kier alpha value is -1.77. The maximum atomic E-state index is 11.2. The van der Waals surface area contributed by atoms with Crippen molar-refractivity contribution in [3.63, 3.8) is 0 Å². The van der Waals surface area contributed by atoms with E-state index in [9.17, 15) is 4.79 Å². The molecule has 3 heteroatoms. The third kappa shape index (κ3) is 3.12. The summed E-state index contributed by atoms with van der Waals surface area (Å²) in [6.45, 7) is 7.51. The Morgan fingerprint density at radius 3 is 2.31 bits per heavy atom. The molecule has 0 saturated heterocycles. The van der Waals surface area contributed by atoms with E-state index < -0.39 is 5.60 Å². The molecule has 1 aromatic rings. The van der Waals surface area contributed by atoms with Crippen molar-refractivity contribution in [1.82, 2.24) is 0 Å². The Morgan fingerprint density at radius 2 is 1.88 bits per heavy atom. The van der Waals surface area contributed by atoms with Crippen molar-refractivity contribution < 1.29 is 14.3 Å². The zero-order valence-corrected chi connectivity index (χ0v) is 9.82.